The van der Waals surface area contributed by atoms with Crippen LogP contribution in [0.2, 0.25) is 0 Å². The second-order valence-corrected chi connectivity index (χ2v) is 2.60. The zero-order valence-corrected chi connectivity index (χ0v) is 6.88. The molecule has 5 heteroatoms. The van der Waals surface area contributed by atoms with Gasteiger partial charge in [0, 0.05) is 18.7 Å². The van der Waals surface area contributed by atoms with E-state index in [2.05, 4.69) is 0 Å². The molecule has 0 aliphatic rings. The molecule has 0 heterocycles. The third kappa shape index (κ3) is 2.24. The van der Waals surface area contributed by atoms with Crippen LogP contribution in [0.3, 0.4) is 0 Å². The van der Waals surface area contributed by atoms with Crippen molar-refractivity contribution in [3.05, 3.63) is 39.9 Å². The van der Waals surface area contributed by atoms with Crippen LogP contribution in [-0.2, 0) is 0 Å². The summed E-state index contributed by atoms with van der Waals surface area (Å²) in [5.41, 5.74) is 5.82. The standard InChI is InChI=1S/C8H10N2O3/c9-5-8(11)6-1-3-7(4-2-6)10(12)13/h1-4,8,11H,5,9H2/t8-/m0/s1. The van der Waals surface area contributed by atoms with E-state index in [1.54, 1.807) is 0 Å². The van der Waals surface area contributed by atoms with Gasteiger partial charge in [-0.3, -0.25) is 10.1 Å². The molecule has 0 bridgehead atoms. The van der Waals surface area contributed by atoms with Crippen LogP contribution >= 0.6 is 0 Å². The molecule has 0 fully saturated rings. The Hall–Kier alpha value is -1.46. The highest BCUT2D eigenvalue weighted by Crippen LogP contribution is 2.16. The maximum absolute atomic E-state index is 10.3. The minimum absolute atomic E-state index is 0.00738. The van der Waals surface area contributed by atoms with E-state index in [-0.39, 0.29) is 12.2 Å². The van der Waals surface area contributed by atoms with Gasteiger partial charge in [0.25, 0.3) is 5.69 Å². The number of nitro groups is 1. The number of hydrogen-bond acceptors (Lipinski definition) is 4. The lowest BCUT2D eigenvalue weighted by atomic mass is 10.1. The number of nitrogens with two attached hydrogens (primary N) is 1. The first-order chi connectivity index (χ1) is 6.15. The van der Waals surface area contributed by atoms with Gasteiger partial charge in [-0.05, 0) is 17.7 Å². The first kappa shape index (κ1) is 9.63. The normalized spacial score (nSPS) is 12.5. The topological polar surface area (TPSA) is 89.4 Å². The summed E-state index contributed by atoms with van der Waals surface area (Å²) in [7, 11) is 0. The summed E-state index contributed by atoms with van der Waals surface area (Å²) in [4.78, 5) is 9.78. The van der Waals surface area contributed by atoms with Crippen LogP contribution in [-0.4, -0.2) is 16.6 Å². The monoisotopic (exact) mass is 182 g/mol. The third-order valence-corrected chi connectivity index (χ3v) is 1.71. The zero-order valence-electron chi connectivity index (χ0n) is 6.88. The van der Waals surface area contributed by atoms with E-state index in [0.717, 1.165) is 0 Å². The molecule has 13 heavy (non-hydrogen) atoms. The van der Waals surface area contributed by atoms with Crippen LogP contribution in [0, 0.1) is 10.1 Å². The smallest absolute Gasteiger partial charge is 0.269 e. The Balaban J connectivity index is 2.87. The molecule has 1 rings (SSSR count). The van der Waals surface area contributed by atoms with Gasteiger partial charge in [-0.25, -0.2) is 0 Å². The summed E-state index contributed by atoms with van der Waals surface area (Å²) in [6.07, 6.45) is -0.749. The minimum atomic E-state index is -0.749. The molecule has 0 aliphatic carbocycles. The highest BCUT2D eigenvalue weighted by Gasteiger charge is 2.08. The van der Waals surface area contributed by atoms with E-state index in [4.69, 9.17) is 5.73 Å². The SMILES string of the molecule is NC[C@H](O)c1ccc([N+](=O)[O-])cc1. The third-order valence-electron chi connectivity index (χ3n) is 1.71. The molecule has 0 radical (unpaired) electrons. The Morgan fingerprint density at radius 3 is 2.38 bits per heavy atom. The molecule has 1 aromatic rings. The maximum atomic E-state index is 10.3. The molecule has 0 saturated carbocycles. The van der Waals surface area contributed by atoms with Crippen molar-refractivity contribution >= 4 is 5.69 Å². The number of benzene rings is 1. The Bertz CT molecular complexity index is 297. The lowest BCUT2D eigenvalue weighted by molar-refractivity contribution is -0.384. The van der Waals surface area contributed by atoms with Crippen LogP contribution in [0.25, 0.3) is 0 Å². The summed E-state index contributed by atoms with van der Waals surface area (Å²) in [5.74, 6) is 0. The van der Waals surface area contributed by atoms with Gasteiger partial charge in [0.1, 0.15) is 0 Å². The second-order valence-electron chi connectivity index (χ2n) is 2.60. The zero-order chi connectivity index (χ0) is 9.84. The molecule has 1 atom stereocenters. The number of aliphatic hydroxyl groups is 1. The molecule has 0 aromatic heterocycles. The minimum Gasteiger partial charge on any atom is -0.387 e. The van der Waals surface area contributed by atoms with Crippen molar-refractivity contribution in [2.24, 2.45) is 5.73 Å². The number of nitrogens with zero attached hydrogens (tertiary/aromatic N) is 1. The van der Waals surface area contributed by atoms with E-state index in [1.807, 2.05) is 0 Å². The van der Waals surface area contributed by atoms with Gasteiger partial charge < -0.3 is 10.8 Å². The van der Waals surface area contributed by atoms with Gasteiger partial charge in [0.15, 0.2) is 0 Å². The van der Waals surface area contributed by atoms with Crippen LogP contribution in [0.15, 0.2) is 24.3 Å². The highest BCUT2D eigenvalue weighted by atomic mass is 16.6. The van der Waals surface area contributed by atoms with Crippen LogP contribution in [0.5, 0.6) is 0 Å². The molecule has 0 spiro atoms. The fourth-order valence-corrected chi connectivity index (χ4v) is 0.954. The van der Waals surface area contributed by atoms with Gasteiger partial charge in [-0.1, -0.05) is 0 Å². The van der Waals surface area contributed by atoms with Crippen molar-refractivity contribution in [2.75, 3.05) is 6.54 Å². The highest BCUT2D eigenvalue weighted by molar-refractivity contribution is 5.33. The van der Waals surface area contributed by atoms with Crippen molar-refractivity contribution in [1.29, 1.82) is 0 Å². The summed E-state index contributed by atoms with van der Waals surface area (Å²) in [5, 5.41) is 19.5. The van der Waals surface area contributed by atoms with E-state index in [1.165, 1.54) is 24.3 Å². The first-order valence-corrected chi connectivity index (χ1v) is 3.77. The largest absolute Gasteiger partial charge is 0.387 e. The molecule has 1 aromatic carbocycles. The molecular formula is C8H10N2O3. The molecule has 0 amide bonds. The lowest BCUT2D eigenvalue weighted by Gasteiger charge is -2.06. The van der Waals surface area contributed by atoms with Gasteiger partial charge >= 0.3 is 0 Å². The molecule has 0 unspecified atom stereocenters. The summed E-state index contributed by atoms with van der Waals surface area (Å²) in [6.45, 7) is 0.109. The molecule has 0 aliphatic heterocycles. The summed E-state index contributed by atoms with van der Waals surface area (Å²) >= 11 is 0. The number of nitro benzene ring substituents is 1. The molecular weight excluding hydrogens is 172 g/mol. The van der Waals surface area contributed by atoms with Gasteiger partial charge in [-0.2, -0.15) is 0 Å². The Kier molecular flexibility index (Phi) is 2.94. The molecule has 3 N–H and O–H groups in total. The van der Waals surface area contributed by atoms with Gasteiger partial charge in [0.05, 0.1) is 11.0 Å². The predicted octanol–water partition coefficient (Wildman–Crippen LogP) is 0.587. The first-order valence-electron chi connectivity index (χ1n) is 3.77. The van der Waals surface area contributed by atoms with Crippen molar-refractivity contribution in [3.8, 4) is 0 Å². The van der Waals surface area contributed by atoms with Crippen LogP contribution in [0.4, 0.5) is 5.69 Å². The number of non-ortho nitro benzene ring substituents is 1. The Morgan fingerprint density at radius 2 is 2.00 bits per heavy atom. The van der Waals surface area contributed by atoms with E-state index >= 15 is 0 Å². The maximum Gasteiger partial charge on any atom is 0.269 e. The number of hydrogen-bond donors (Lipinski definition) is 2. The fraction of sp³-hybridized carbons (Fsp3) is 0.250. The van der Waals surface area contributed by atoms with Crippen LogP contribution in [0.1, 0.15) is 11.7 Å². The molecule has 0 saturated heterocycles. The average molecular weight is 182 g/mol. The number of rotatable bonds is 3. The average Bonchev–Trinajstić information content (AvgIpc) is 2.17. The molecule has 5 nitrogen and oxygen atoms in total. The Morgan fingerprint density at radius 1 is 1.46 bits per heavy atom. The molecule has 70 valence electrons. The van der Waals surface area contributed by atoms with Gasteiger partial charge in [-0.15, -0.1) is 0 Å². The number of aliphatic hydroxyl groups excluding tert-OH is 1. The van der Waals surface area contributed by atoms with E-state index < -0.39 is 11.0 Å². The van der Waals surface area contributed by atoms with Crippen molar-refractivity contribution in [3.63, 3.8) is 0 Å². The van der Waals surface area contributed by atoms with Crippen molar-refractivity contribution < 1.29 is 10.0 Å². The van der Waals surface area contributed by atoms with E-state index in [9.17, 15) is 15.2 Å². The lowest BCUT2D eigenvalue weighted by Crippen LogP contribution is -2.11. The van der Waals surface area contributed by atoms with E-state index in [0.29, 0.717) is 5.56 Å². The quantitative estimate of drug-likeness (QED) is 0.528. The second kappa shape index (κ2) is 3.97. The Labute approximate surface area is 74.9 Å². The van der Waals surface area contributed by atoms with Crippen molar-refractivity contribution in [1.82, 2.24) is 0 Å². The van der Waals surface area contributed by atoms with Crippen LogP contribution < -0.4 is 5.73 Å². The predicted molar refractivity (Wildman–Crippen MR) is 47.1 cm³/mol. The van der Waals surface area contributed by atoms with Gasteiger partial charge in [0.2, 0.25) is 0 Å². The fourth-order valence-electron chi connectivity index (χ4n) is 0.954. The summed E-state index contributed by atoms with van der Waals surface area (Å²) in [6, 6.07) is 5.67. The van der Waals surface area contributed by atoms with Crippen molar-refractivity contribution in [2.45, 2.75) is 6.10 Å². The summed E-state index contributed by atoms with van der Waals surface area (Å²) < 4.78 is 0.